The Morgan fingerprint density at radius 2 is 1.73 bits per heavy atom. The van der Waals surface area contributed by atoms with E-state index in [1.807, 2.05) is 12.1 Å². The van der Waals surface area contributed by atoms with Crippen molar-refractivity contribution in [1.82, 2.24) is 9.97 Å². The molecular formula is C25H22N2O6. The van der Waals surface area contributed by atoms with Gasteiger partial charge in [0.25, 0.3) is 5.43 Å². The molecular weight excluding hydrogens is 424 g/mol. The van der Waals surface area contributed by atoms with Crippen LogP contribution in [0.15, 0.2) is 64.6 Å². The number of hydrogen-bond acceptors (Lipinski definition) is 8. The van der Waals surface area contributed by atoms with Crippen molar-refractivity contribution in [2.75, 3.05) is 7.11 Å². The van der Waals surface area contributed by atoms with E-state index in [1.165, 1.54) is 7.11 Å². The minimum absolute atomic E-state index is 0.0546. The highest BCUT2D eigenvalue weighted by Crippen LogP contribution is 2.30. The largest absolute Gasteiger partial charge is 0.486 e. The highest BCUT2D eigenvalue weighted by atomic mass is 16.5. The van der Waals surface area contributed by atoms with Crippen molar-refractivity contribution in [2.24, 2.45) is 0 Å². The zero-order chi connectivity index (χ0) is 23.5. The Bertz CT molecular complexity index is 1370. The number of ether oxygens (including phenoxy) is 3. The fourth-order valence-electron chi connectivity index (χ4n) is 3.61. The fraction of sp³-hybridized carbons (Fsp3) is 0.240. The van der Waals surface area contributed by atoms with Gasteiger partial charge < -0.3 is 14.2 Å². The molecule has 0 aliphatic heterocycles. The molecule has 2 aromatic carbocycles. The van der Waals surface area contributed by atoms with E-state index >= 15 is 0 Å². The number of esters is 1. The van der Waals surface area contributed by atoms with Crippen molar-refractivity contribution < 1.29 is 19.0 Å². The molecule has 2 aromatic heterocycles. The third-order valence-corrected chi connectivity index (χ3v) is 5.20. The van der Waals surface area contributed by atoms with Crippen molar-refractivity contribution in [3.8, 4) is 17.4 Å². The molecule has 4 aromatic rings. The van der Waals surface area contributed by atoms with Gasteiger partial charge in [-0.05, 0) is 55.5 Å². The molecule has 0 bridgehead atoms. The number of benzene rings is 1. The van der Waals surface area contributed by atoms with Gasteiger partial charge in [0, 0.05) is 18.6 Å². The number of methoxy groups -OCH3 is 1. The molecule has 0 N–H and O–H groups in total. The molecule has 0 aliphatic carbocycles. The van der Waals surface area contributed by atoms with Crippen LogP contribution in [0.5, 0.6) is 17.4 Å². The van der Waals surface area contributed by atoms with E-state index in [9.17, 15) is 14.4 Å². The van der Waals surface area contributed by atoms with Crippen molar-refractivity contribution in [2.45, 2.75) is 32.3 Å². The average molecular weight is 446 g/mol. The van der Waals surface area contributed by atoms with Gasteiger partial charge in [-0.1, -0.05) is 12.1 Å². The zero-order valence-electron chi connectivity index (χ0n) is 18.4. The van der Waals surface area contributed by atoms with Crippen LogP contribution in [0, 0.1) is 0 Å². The van der Waals surface area contributed by atoms with Gasteiger partial charge in [0.2, 0.25) is 11.3 Å². The molecule has 0 radical (unpaired) electrons. The first-order valence-electron chi connectivity index (χ1n) is 10.4. The van der Waals surface area contributed by atoms with Crippen LogP contribution in [0.2, 0.25) is 0 Å². The van der Waals surface area contributed by atoms with Crippen LogP contribution >= 0.6 is 0 Å². The van der Waals surface area contributed by atoms with Crippen molar-refractivity contribution in [3.05, 3.63) is 86.6 Å². The third-order valence-electron chi connectivity index (χ3n) is 5.20. The number of aromatic nitrogens is 2. The molecule has 8 heteroatoms. The second kappa shape index (κ2) is 9.20. The Morgan fingerprint density at radius 3 is 2.42 bits per heavy atom. The molecule has 0 saturated heterocycles. The summed E-state index contributed by atoms with van der Waals surface area (Å²) in [6.45, 7) is 3.49. The summed E-state index contributed by atoms with van der Waals surface area (Å²) in [7, 11) is 1.24. The molecule has 0 fully saturated rings. The summed E-state index contributed by atoms with van der Waals surface area (Å²) in [5.74, 6) is -0.619. The molecule has 8 nitrogen and oxygen atoms in total. The fourth-order valence-corrected chi connectivity index (χ4v) is 3.61. The molecule has 0 amide bonds. The van der Waals surface area contributed by atoms with Gasteiger partial charge in [-0.2, -0.15) is 0 Å². The Kier molecular flexibility index (Phi) is 6.17. The van der Waals surface area contributed by atoms with Crippen molar-refractivity contribution in [1.29, 1.82) is 0 Å². The molecule has 0 unspecified atom stereocenters. The van der Waals surface area contributed by atoms with E-state index in [-0.39, 0.29) is 23.8 Å². The van der Waals surface area contributed by atoms with E-state index in [0.717, 1.165) is 16.3 Å². The first kappa shape index (κ1) is 22.1. The summed E-state index contributed by atoms with van der Waals surface area (Å²) in [5.41, 5.74) is -0.604. The second-order valence-corrected chi connectivity index (χ2v) is 7.81. The molecule has 0 aliphatic rings. The van der Waals surface area contributed by atoms with Crippen LogP contribution in [0.3, 0.4) is 0 Å². The van der Waals surface area contributed by atoms with Crippen molar-refractivity contribution >= 4 is 16.7 Å². The smallest absolute Gasteiger partial charge is 0.313 e. The lowest BCUT2D eigenvalue weighted by Gasteiger charge is -2.21. The summed E-state index contributed by atoms with van der Waals surface area (Å²) < 4.78 is 16.3. The van der Waals surface area contributed by atoms with Gasteiger partial charge >= 0.3 is 5.97 Å². The quantitative estimate of drug-likeness (QED) is 0.300. The third kappa shape index (κ3) is 4.45. The van der Waals surface area contributed by atoms with E-state index in [4.69, 9.17) is 14.2 Å². The lowest BCUT2D eigenvalue weighted by atomic mass is 9.88. The number of hydrogen-bond donors (Lipinski definition) is 0. The summed E-state index contributed by atoms with van der Waals surface area (Å²) in [5, 5.41) is 1.74. The van der Waals surface area contributed by atoms with Crippen LogP contribution < -0.4 is 20.3 Å². The van der Waals surface area contributed by atoms with Gasteiger partial charge in [-0.25, -0.2) is 4.98 Å². The first-order chi connectivity index (χ1) is 15.9. The molecule has 1 atom stereocenters. The average Bonchev–Trinajstić information content (AvgIpc) is 2.83. The minimum atomic E-state index is -0.938. The lowest BCUT2D eigenvalue weighted by molar-refractivity contribution is -0.142. The topological polar surface area (TPSA) is 105 Å². The molecule has 0 spiro atoms. The lowest BCUT2D eigenvalue weighted by Crippen LogP contribution is -2.41. The zero-order valence-corrected chi connectivity index (χ0v) is 18.4. The van der Waals surface area contributed by atoms with Gasteiger partial charge in [0.15, 0.2) is 5.75 Å². The van der Waals surface area contributed by atoms with E-state index in [1.54, 1.807) is 56.7 Å². The monoisotopic (exact) mass is 446 g/mol. The normalized spacial score (nSPS) is 12.1. The van der Waals surface area contributed by atoms with Gasteiger partial charge in [0.1, 0.15) is 5.75 Å². The highest BCUT2D eigenvalue weighted by molar-refractivity contribution is 5.85. The number of carbonyl (C=O) groups excluding carboxylic acids is 1. The number of fused-ring (bicyclic) bond motifs is 1. The van der Waals surface area contributed by atoms with Gasteiger partial charge in [-0.15, -0.1) is 0 Å². The first-order valence-corrected chi connectivity index (χ1v) is 10.4. The maximum atomic E-state index is 12.5. The maximum absolute atomic E-state index is 12.5. The molecule has 2 heterocycles. The summed E-state index contributed by atoms with van der Waals surface area (Å²) in [4.78, 5) is 45.1. The van der Waals surface area contributed by atoms with Gasteiger partial charge in [-0.3, -0.25) is 19.4 Å². The van der Waals surface area contributed by atoms with E-state index < -0.39 is 22.7 Å². The number of nitrogens with zero attached hydrogens (tertiary/aromatic N) is 2. The van der Waals surface area contributed by atoms with Gasteiger partial charge in [0.05, 0.1) is 30.1 Å². The second-order valence-electron chi connectivity index (χ2n) is 7.81. The van der Waals surface area contributed by atoms with Crippen LogP contribution in [0.1, 0.15) is 30.9 Å². The maximum Gasteiger partial charge on any atom is 0.313 e. The van der Waals surface area contributed by atoms with Crippen LogP contribution in [0.4, 0.5) is 0 Å². The predicted octanol–water partition coefficient (Wildman–Crippen LogP) is 3.30. The Balaban J connectivity index is 1.57. The molecule has 0 saturated carbocycles. The summed E-state index contributed by atoms with van der Waals surface area (Å²) >= 11 is 0. The Labute approximate surface area is 189 Å². The van der Waals surface area contributed by atoms with Crippen molar-refractivity contribution in [3.63, 3.8) is 0 Å². The SMILES string of the molecule is COC(=O)[C@@H](Cc1ccc(Oc2nccc3ccncc23)cc1)c1c(OC(C)C)c(=O)c1=O. The predicted molar refractivity (Wildman–Crippen MR) is 122 cm³/mol. The Morgan fingerprint density at radius 1 is 1.00 bits per heavy atom. The number of carbonyl (C=O) groups is 1. The standard InChI is InChI=1S/C25H22N2O6/c1-14(2)32-23-20(21(28)22(23)29)18(25(30)31-3)12-15-4-6-17(7-5-15)33-24-19-13-26-10-8-16(19)9-11-27-24/h4-11,13-14,18H,12H2,1-3H3/t18-/m0/s1. The molecule has 33 heavy (non-hydrogen) atoms. The molecule has 4 rings (SSSR count). The summed E-state index contributed by atoms with van der Waals surface area (Å²) in [6.07, 6.45) is 4.91. The molecule has 168 valence electrons. The van der Waals surface area contributed by atoms with E-state index in [2.05, 4.69) is 9.97 Å². The highest BCUT2D eigenvalue weighted by Gasteiger charge is 2.35. The van der Waals surface area contributed by atoms with Crippen LogP contribution in [-0.2, 0) is 16.0 Å². The van der Waals surface area contributed by atoms with Crippen LogP contribution in [0.25, 0.3) is 10.8 Å². The minimum Gasteiger partial charge on any atom is -0.486 e. The van der Waals surface area contributed by atoms with Crippen LogP contribution in [-0.4, -0.2) is 29.2 Å². The Hall–Kier alpha value is -4.07. The number of pyridine rings is 2. The number of rotatable bonds is 8. The summed E-state index contributed by atoms with van der Waals surface area (Å²) in [6, 6.07) is 10.8. The van der Waals surface area contributed by atoms with E-state index in [0.29, 0.717) is 11.6 Å².